The molecule has 4 atom stereocenters. The van der Waals surface area contributed by atoms with Gasteiger partial charge in [-0.05, 0) is 37.3 Å². The van der Waals surface area contributed by atoms with Crippen LogP contribution in [0.4, 0.5) is 5.82 Å². The molecule has 2 amide bonds. The molecule has 0 unspecified atom stereocenters. The molecule has 2 fully saturated rings. The van der Waals surface area contributed by atoms with Crippen molar-refractivity contribution in [2.75, 3.05) is 19.3 Å². The van der Waals surface area contributed by atoms with Crippen LogP contribution in [0.3, 0.4) is 0 Å². The Morgan fingerprint density at radius 3 is 2.68 bits per heavy atom. The first-order chi connectivity index (χ1) is 17.9. The number of hydrogen-bond acceptors (Lipinski definition) is 10. The quantitative estimate of drug-likeness (QED) is 0.320. The second kappa shape index (κ2) is 10.1. The number of carbonyl (C=O) groups is 2. The van der Waals surface area contributed by atoms with Gasteiger partial charge in [0.1, 0.15) is 17.7 Å². The molecule has 192 valence electrons. The van der Waals surface area contributed by atoms with Gasteiger partial charge >= 0.3 is 0 Å². The number of aliphatic hydroxyl groups excluding tert-OH is 2. The number of carbonyl (C=O) groups excluding carboxylic acids is 2. The van der Waals surface area contributed by atoms with E-state index in [1.54, 1.807) is 29.4 Å². The van der Waals surface area contributed by atoms with E-state index in [-0.39, 0.29) is 41.3 Å². The summed E-state index contributed by atoms with van der Waals surface area (Å²) in [6.45, 7) is 0.177. The van der Waals surface area contributed by atoms with Gasteiger partial charge in [0.05, 0.1) is 12.9 Å². The van der Waals surface area contributed by atoms with Crippen molar-refractivity contribution in [1.29, 1.82) is 0 Å². The SMILES string of the molecule is CNC(=O)[C@H]1O[C@@H](n2cnc3c(N)nc(C#CCN(C(=O)c4ccncc4)C4CCC4)nc32)[C@H](O)[C@@H]1O. The summed E-state index contributed by atoms with van der Waals surface area (Å²) in [4.78, 5) is 43.6. The summed E-state index contributed by atoms with van der Waals surface area (Å²) in [7, 11) is 1.40. The van der Waals surface area contributed by atoms with Crippen LogP contribution in [0.15, 0.2) is 30.9 Å². The van der Waals surface area contributed by atoms with Gasteiger partial charge in [0.15, 0.2) is 23.8 Å². The lowest BCUT2D eigenvalue weighted by atomic mass is 9.91. The number of pyridine rings is 1. The third-order valence-electron chi connectivity index (χ3n) is 6.62. The second-order valence-corrected chi connectivity index (χ2v) is 8.85. The fourth-order valence-electron chi connectivity index (χ4n) is 4.36. The van der Waals surface area contributed by atoms with E-state index >= 15 is 0 Å². The van der Waals surface area contributed by atoms with Crippen molar-refractivity contribution in [3.8, 4) is 11.8 Å². The minimum Gasteiger partial charge on any atom is -0.387 e. The van der Waals surface area contributed by atoms with Gasteiger partial charge in [-0.15, -0.1) is 0 Å². The van der Waals surface area contributed by atoms with Gasteiger partial charge in [0.2, 0.25) is 5.82 Å². The van der Waals surface area contributed by atoms with Gasteiger partial charge in [0, 0.05) is 31.0 Å². The molecule has 13 nitrogen and oxygen atoms in total. The van der Waals surface area contributed by atoms with Gasteiger partial charge in [-0.3, -0.25) is 19.1 Å². The van der Waals surface area contributed by atoms with E-state index < -0.39 is 30.4 Å². The summed E-state index contributed by atoms with van der Waals surface area (Å²) in [6, 6.07) is 3.46. The molecule has 1 saturated carbocycles. The Balaban J connectivity index is 1.40. The number of nitrogen functional groups attached to an aromatic ring is 1. The number of amides is 2. The molecule has 1 aliphatic carbocycles. The Bertz CT molecular complexity index is 1380. The Hall–Kier alpha value is -4.12. The molecule has 0 radical (unpaired) electrons. The number of nitrogens with two attached hydrogens (primary N) is 1. The molecular weight excluding hydrogens is 480 g/mol. The first-order valence-corrected chi connectivity index (χ1v) is 11.8. The number of ether oxygens (including phenoxy) is 1. The zero-order valence-electron chi connectivity index (χ0n) is 20.0. The zero-order chi connectivity index (χ0) is 26.1. The summed E-state index contributed by atoms with van der Waals surface area (Å²) >= 11 is 0. The third-order valence-corrected chi connectivity index (χ3v) is 6.62. The molecule has 0 aromatic carbocycles. The summed E-state index contributed by atoms with van der Waals surface area (Å²) < 4.78 is 7.00. The van der Waals surface area contributed by atoms with Crippen LogP contribution in [0, 0.1) is 11.8 Å². The molecule has 3 aromatic rings. The number of nitrogens with zero attached hydrogens (tertiary/aromatic N) is 6. The molecule has 1 saturated heterocycles. The highest BCUT2D eigenvalue weighted by Gasteiger charge is 2.47. The number of fused-ring (bicyclic) bond motifs is 1. The highest BCUT2D eigenvalue weighted by Crippen LogP contribution is 2.32. The zero-order valence-corrected chi connectivity index (χ0v) is 20.0. The fourth-order valence-corrected chi connectivity index (χ4v) is 4.36. The van der Waals surface area contributed by atoms with Crippen molar-refractivity contribution < 1.29 is 24.5 Å². The van der Waals surface area contributed by atoms with Crippen molar-refractivity contribution in [3.05, 3.63) is 42.2 Å². The average molecular weight is 507 g/mol. The molecule has 13 heteroatoms. The number of aliphatic hydroxyl groups is 2. The fraction of sp³-hybridized carbons (Fsp3) is 0.417. The maximum Gasteiger partial charge on any atom is 0.255 e. The van der Waals surface area contributed by atoms with Crippen LogP contribution in [0.25, 0.3) is 11.2 Å². The predicted molar refractivity (Wildman–Crippen MR) is 130 cm³/mol. The van der Waals surface area contributed by atoms with Crippen molar-refractivity contribution >= 4 is 28.8 Å². The van der Waals surface area contributed by atoms with E-state index in [1.165, 1.54) is 17.9 Å². The number of nitrogens with one attached hydrogen (secondary N) is 1. The molecule has 0 spiro atoms. The van der Waals surface area contributed by atoms with Gasteiger partial charge < -0.3 is 30.9 Å². The first kappa shape index (κ1) is 24.6. The van der Waals surface area contributed by atoms with Crippen molar-refractivity contribution in [3.63, 3.8) is 0 Å². The lowest BCUT2D eigenvalue weighted by Gasteiger charge is -2.36. The van der Waals surface area contributed by atoms with Gasteiger partial charge in [-0.25, -0.2) is 15.0 Å². The summed E-state index contributed by atoms with van der Waals surface area (Å²) in [5, 5.41) is 23.2. The summed E-state index contributed by atoms with van der Waals surface area (Å²) in [6.07, 6.45) is 2.12. The van der Waals surface area contributed by atoms with Gasteiger partial charge in [-0.1, -0.05) is 5.92 Å². The van der Waals surface area contributed by atoms with Crippen molar-refractivity contribution in [1.82, 2.24) is 34.7 Å². The van der Waals surface area contributed by atoms with E-state index in [2.05, 4.69) is 37.1 Å². The standard InChI is InChI=1S/C24H26N8O5/c1-26-22(35)19-17(33)18(34)24(37-19)32-12-28-16-20(25)29-15(30-21(16)32)6-3-11-31(14-4-2-5-14)23(36)13-7-9-27-10-8-13/h7-10,12,14,17-19,24,33-34H,2,4-5,11H2,1H3,(H,26,35)(H2,25,29,30)/t17-,18+,19-,24+/m0/s1. The molecule has 37 heavy (non-hydrogen) atoms. The minimum atomic E-state index is -1.45. The topological polar surface area (TPSA) is 182 Å². The largest absolute Gasteiger partial charge is 0.387 e. The minimum absolute atomic E-state index is 0.0626. The summed E-state index contributed by atoms with van der Waals surface area (Å²) in [5.74, 6) is 5.30. The summed E-state index contributed by atoms with van der Waals surface area (Å²) in [5.41, 5.74) is 7.09. The molecule has 5 N–H and O–H groups in total. The predicted octanol–water partition coefficient (Wildman–Crippen LogP) is -0.785. The highest BCUT2D eigenvalue weighted by atomic mass is 16.6. The molecule has 4 heterocycles. The monoisotopic (exact) mass is 506 g/mol. The molecule has 5 rings (SSSR count). The van der Waals surface area contributed by atoms with Crippen molar-refractivity contribution in [2.24, 2.45) is 0 Å². The van der Waals surface area contributed by atoms with Gasteiger partial charge in [0.25, 0.3) is 11.8 Å². The number of aromatic nitrogens is 5. The number of likely N-dealkylation sites (N-methyl/N-ethyl adjacent to an activating group) is 1. The Kier molecular flexibility index (Phi) is 6.70. The van der Waals surface area contributed by atoms with Crippen LogP contribution in [-0.2, 0) is 9.53 Å². The normalized spacial score (nSPS) is 23.2. The molecule has 1 aliphatic heterocycles. The van der Waals surface area contributed by atoms with E-state index in [9.17, 15) is 19.8 Å². The Labute approximate surface area is 211 Å². The third kappa shape index (κ3) is 4.57. The van der Waals surface area contributed by atoms with Crippen LogP contribution >= 0.6 is 0 Å². The maximum absolute atomic E-state index is 13.0. The van der Waals surface area contributed by atoms with E-state index in [1.807, 2.05) is 0 Å². The van der Waals surface area contributed by atoms with Crippen LogP contribution < -0.4 is 11.1 Å². The number of anilines is 1. The van der Waals surface area contributed by atoms with E-state index in [4.69, 9.17) is 10.5 Å². The average Bonchev–Trinajstić information content (AvgIpc) is 3.43. The first-order valence-electron chi connectivity index (χ1n) is 11.8. The Morgan fingerprint density at radius 1 is 1.24 bits per heavy atom. The molecular formula is C24H26N8O5. The van der Waals surface area contributed by atoms with E-state index in [0.29, 0.717) is 5.56 Å². The molecule has 2 aliphatic rings. The smallest absolute Gasteiger partial charge is 0.255 e. The van der Waals surface area contributed by atoms with Crippen LogP contribution in [-0.4, -0.2) is 89.4 Å². The number of imidazole rings is 1. The Morgan fingerprint density at radius 2 is 2.00 bits per heavy atom. The number of hydrogen-bond donors (Lipinski definition) is 4. The molecule has 0 bridgehead atoms. The van der Waals surface area contributed by atoms with E-state index in [0.717, 1.165) is 19.3 Å². The van der Waals surface area contributed by atoms with Crippen LogP contribution in [0.2, 0.25) is 0 Å². The molecule has 3 aromatic heterocycles. The lowest BCUT2D eigenvalue weighted by Crippen LogP contribution is -2.44. The lowest BCUT2D eigenvalue weighted by molar-refractivity contribution is -0.137. The number of rotatable bonds is 5. The maximum atomic E-state index is 13.0. The van der Waals surface area contributed by atoms with Crippen molar-refractivity contribution in [2.45, 2.75) is 49.8 Å². The highest BCUT2D eigenvalue weighted by molar-refractivity contribution is 5.94. The van der Waals surface area contributed by atoms with Crippen LogP contribution in [0.5, 0.6) is 0 Å². The van der Waals surface area contributed by atoms with Crippen LogP contribution in [0.1, 0.15) is 41.7 Å². The second-order valence-electron chi connectivity index (χ2n) is 8.85. The van der Waals surface area contributed by atoms with Gasteiger partial charge in [-0.2, -0.15) is 0 Å².